The zero-order valence-electron chi connectivity index (χ0n) is 17.5. The van der Waals surface area contributed by atoms with Gasteiger partial charge in [0.25, 0.3) is 5.91 Å². The second-order valence-electron chi connectivity index (χ2n) is 8.02. The van der Waals surface area contributed by atoms with E-state index in [0.29, 0.717) is 24.1 Å². The molecule has 3 rings (SSSR count). The summed E-state index contributed by atoms with van der Waals surface area (Å²) in [7, 11) is 1.68. The van der Waals surface area contributed by atoms with Crippen LogP contribution in [-0.2, 0) is 0 Å². The SMILES string of the molecule is COc1ccc(-c2ccc(C(=O)NC[C@@H](C(C)C)N3CCCC3)cc2)c(C)c1. The van der Waals surface area contributed by atoms with Crippen molar-refractivity contribution >= 4 is 5.91 Å². The quantitative estimate of drug-likeness (QED) is 0.768. The predicted octanol–water partition coefficient (Wildman–Crippen LogP) is 4.52. The lowest BCUT2D eigenvalue weighted by Gasteiger charge is -2.31. The lowest BCUT2D eigenvalue weighted by atomic mass is 9.99. The van der Waals surface area contributed by atoms with Crippen LogP contribution in [0.15, 0.2) is 42.5 Å². The van der Waals surface area contributed by atoms with Gasteiger partial charge < -0.3 is 10.1 Å². The van der Waals surface area contributed by atoms with Gasteiger partial charge in [-0.3, -0.25) is 9.69 Å². The zero-order chi connectivity index (χ0) is 20.1. The van der Waals surface area contributed by atoms with Gasteiger partial charge in [-0.05, 0) is 79.7 Å². The Labute approximate surface area is 168 Å². The van der Waals surface area contributed by atoms with Gasteiger partial charge in [-0.15, -0.1) is 0 Å². The van der Waals surface area contributed by atoms with E-state index in [9.17, 15) is 4.79 Å². The molecule has 0 spiro atoms. The third-order valence-corrected chi connectivity index (χ3v) is 5.74. The molecule has 28 heavy (non-hydrogen) atoms. The molecule has 0 saturated carbocycles. The Hall–Kier alpha value is -2.33. The van der Waals surface area contributed by atoms with Gasteiger partial charge in [0, 0.05) is 18.2 Å². The van der Waals surface area contributed by atoms with Crippen LogP contribution in [-0.4, -0.2) is 43.6 Å². The van der Waals surface area contributed by atoms with Crippen molar-refractivity contribution in [1.29, 1.82) is 0 Å². The summed E-state index contributed by atoms with van der Waals surface area (Å²) in [4.78, 5) is 15.2. The molecule has 1 saturated heterocycles. The number of hydrogen-bond donors (Lipinski definition) is 1. The predicted molar refractivity (Wildman–Crippen MR) is 115 cm³/mol. The highest BCUT2D eigenvalue weighted by atomic mass is 16.5. The largest absolute Gasteiger partial charge is 0.497 e. The molecule has 0 bridgehead atoms. The summed E-state index contributed by atoms with van der Waals surface area (Å²) in [5, 5.41) is 3.15. The summed E-state index contributed by atoms with van der Waals surface area (Å²) in [5.74, 6) is 1.39. The van der Waals surface area contributed by atoms with Crippen LogP contribution in [0.1, 0.15) is 42.6 Å². The first-order valence-corrected chi connectivity index (χ1v) is 10.3. The van der Waals surface area contributed by atoms with Gasteiger partial charge in [0.2, 0.25) is 0 Å². The fourth-order valence-corrected chi connectivity index (χ4v) is 4.05. The third kappa shape index (κ3) is 4.74. The van der Waals surface area contributed by atoms with E-state index >= 15 is 0 Å². The molecule has 0 unspecified atom stereocenters. The number of aryl methyl sites for hydroxylation is 1. The zero-order valence-corrected chi connectivity index (χ0v) is 17.5. The molecule has 1 heterocycles. The summed E-state index contributed by atoms with van der Waals surface area (Å²) in [6, 6.07) is 14.3. The highest BCUT2D eigenvalue weighted by molar-refractivity contribution is 5.94. The fourth-order valence-electron chi connectivity index (χ4n) is 4.05. The van der Waals surface area contributed by atoms with Crippen LogP contribution < -0.4 is 10.1 Å². The Balaban J connectivity index is 1.65. The minimum Gasteiger partial charge on any atom is -0.497 e. The maximum atomic E-state index is 12.6. The van der Waals surface area contributed by atoms with Crippen LogP contribution in [0.25, 0.3) is 11.1 Å². The van der Waals surface area contributed by atoms with E-state index in [1.807, 2.05) is 36.4 Å². The van der Waals surface area contributed by atoms with E-state index in [-0.39, 0.29) is 5.91 Å². The average Bonchev–Trinajstić information content (AvgIpc) is 3.22. The molecule has 0 aromatic heterocycles. The fraction of sp³-hybridized carbons (Fsp3) is 0.458. The van der Waals surface area contributed by atoms with Gasteiger partial charge in [0.1, 0.15) is 5.75 Å². The number of nitrogens with zero attached hydrogens (tertiary/aromatic N) is 1. The first-order chi connectivity index (χ1) is 13.5. The Kier molecular flexibility index (Phi) is 6.74. The van der Waals surface area contributed by atoms with E-state index in [0.717, 1.165) is 35.5 Å². The number of ether oxygens (including phenoxy) is 1. The summed E-state index contributed by atoms with van der Waals surface area (Å²) < 4.78 is 5.28. The highest BCUT2D eigenvalue weighted by Crippen LogP contribution is 2.27. The molecule has 1 fully saturated rings. The van der Waals surface area contributed by atoms with Gasteiger partial charge in [0.05, 0.1) is 7.11 Å². The Morgan fingerprint density at radius 1 is 1.11 bits per heavy atom. The molecule has 2 aromatic rings. The van der Waals surface area contributed by atoms with Crippen LogP contribution in [0, 0.1) is 12.8 Å². The van der Waals surface area contributed by atoms with Crippen molar-refractivity contribution < 1.29 is 9.53 Å². The van der Waals surface area contributed by atoms with Crippen LogP contribution in [0.2, 0.25) is 0 Å². The number of benzene rings is 2. The van der Waals surface area contributed by atoms with Crippen molar-refractivity contribution in [1.82, 2.24) is 10.2 Å². The Bertz CT molecular complexity index is 793. The number of hydrogen-bond acceptors (Lipinski definition) is 3. The summed E-state index contributed by atoms with van der Waals surface area (Å²) in [6.07, 6.45) is 2.53. The number of likely N-dealkylation sites (tertiary alicyclic amines) is 1. The number of carbonyl (C=O) groups is 1. The third-order valence-electron chi connectivity index (χ3n) is 5.74. The summed E-state index contributed by atoms with van der Waals surface area (Å²) in [6.45, 7) is 9.55. The minimum absolute atomic E-state index is 0.00264. The van der Waals surface area contributed by atoms with Crippen LogP contribution in [0.5, 0.6) is 5.75 Å². The van der Waals surface area contributed by atoms with E-state index in [1.165, 1.54) is 12.8 Å². The van der Waals surface area contributed by atoms with Crippen LogP contribution in [0.3, 0.4) is 0 Å². The summed E-state index contributed by atoms with van der Waals surface area (Å²) >= 11 is 0. The maximum absolute atomic E-state index is 12.6. The molecule has 0 aliphatic carbocycles. The molecule has 1 aliphatic rings. The molecule has 0 radical (unpaired) electrons. The molecule has 4 heteroatoms. The number of amides is 1. The van der Waals surface area contributed by atoms with E-state index in [4.69, 9.17) is 4.74 Å². The average molecular weight is 381 g/mol. The summed E-state index contributed by atoms with van der Waals surface area (Å²) in [5.41, 5.74) is 4.12. The number of nitrogens with one attached hydrogen (secondary N) is 1. The van der Waals surface area contributed by atoms with Crippen LogP contribution >= 0.6 is 0 Å². The molecule has 2 aromatic carbocycles. The molecule has 4 nitrogen and oxygen atoms in total. The lowest BCUT2D eigenvalue weighted by molar-refractivity contribution is 0.0927. The topological polar surface area (TPSA) is 41.6 Å². The van der Waals surface area contributed by atoms with Crippen molar-refractivity contribution in [3.05, 3.63) is 53.6 Å². The van der Waals surface area contributed by atoms with Gasteiger partial charge in [-0.2, -0.15) is 0 Å². The number of rotatable bonds is 7. The van der Waals surface area contributed by atoms with Crippen molar-refractivity contribution in [3.8, 4) is 16.9 Å². The highest BCUT2D eigenvalue weighted by Gasteiger charge is 2.25. The first-order valence-electron chi connectivity index (χ1n) is 10.3. The van der Waals surface area contributed by atoms with E-state index in [1.54, 1.807) is 7.11 Å². The number of carbonyl (C=O) groups excluding carboxylic acids is 1. The Morgan fingerprint density at radius 3 is 2.36 bits per heavy atom. The monoisotopic (exact) mass is 380 g/mol. The van der Waals surface area contributed by atoms with Crippen molar-refractivity contribution in [2.24, 2.45) is 5.92 Å². The number of methoxy groups -OCH3 is 1. The van der Waals surface area contributed by atoms with Gasteiger partial charge >= 0.3 is 0 Å². The van der Waals surface area contributed by atoms with Crippen molar-refractivity contribution in [2.45, 2.75) is 39.7 Å². The van der Waals surface area contributed by atoms with Crippen LogP contribution in [0.4, 0.5) is 0 Å². The van der Waals surface area contributed by atoms with E-state index in [2.05, 4.69) is 37.1 Å². The standard InChI is InChI=1S/C24H32N2O2/c1-17(2)23(26-13-5-6-14-26)16-25-24(27)20-9-7-19(8-10-20)22-12-11-21(28-4)15-18(22)3/h7-12,15,17,23H,5-6,13-14,16H2,1-4H3,(H,25,27)/t23-/m0/s1. The lowest BCUT2D eigenvalue weighted by Crippen LogP contribution is -2.45. The molecule has 1 N–H and O–H groups in total. The van der Waals surface area contributed by atoms with Crippen molar-refractivity contribution in [2.75, 3.05) is 26.7 Å². The minimum atomic E-state index is 0.00264. The van der Waals surface area contributed by atoms with Crippen molar-refractivity contribution in [3.63, 3.8) is 0 Å². The molecule has 150 valence electrons. The molecular weight excluding hydrogens is 348 g/mol. The maximum Gasteiger partial charge on any atom is 0.251 e. The van der Waals surface area contributed by atoms with Gasteiger partial charge in [0.15, 0.2) is 0 Å². The first kappa shape index (κ1) is 20.4. The van der Waals surface area contributed by atoms with Gasteiger partial charge in [-0.25, -0.2) is 0 Å². The smallest absolute Gasteiger partial charge is 0.251 e. The molecule has 1 amide bonds. The second-order valence-corrected chi connectivity index (χ2v) is 8.02. The van der Waals surface area contributed by atoms with E-state index < -0.39 is 0 Å². The second kappa shape index (κ2) is 9.24. The normalized spacial score (nSPS) is 15.6. The van der Waals surface area contributed by atoms with Gasteiger partial charge in [-0.1, -0.05) is 32.0 Å². The molecule has 1 aliphatic heterocycles. The Morgan fingerprint density at radius 2 is 1.79 bits per heavy atom. The molecular formula is C24H32N2O2. The molecule has 1 atom stereocenters.